The van der Waals surface area contributed by atoms with Crippen LogP contribution in [0.25, 0.3) is 11.0 Å². The number of rotatable bonds is 6. The molecule has 7 nitrogen and oxygen atoms in total. The summed E-state index contributed by atoms with van der Waals surface area (Å²) in [6.45, 7) is 0.368. The Hall–Kier alpha value is -1.27. The number of nitrogens with one attached hydrogen (secondary N) is 1. The van der Waals surface area contributed by atoms with E-state index in [4.69, 9.17) is 14.2 Å². The van der Waals surface area contributed by atoms with Crippen LogP contribution in [0.2, 0.25) is 0 Å². The maximum absolute atomic E-state index is 13.1. The van der Waals surface area contributed by atoms with Gasteiger partial charge in [0, 0.05) is 52.5 Å². The number of ether oxygens (including phenoxy) is 3. The Bertz CT molecular complexity index is 964. The number of aromatic amines is 1. The van der Waals surface area contributed by atoms with Crippen LogP contribution in [-0.4, -0.2) is 81.1 Å². The van der Waals surface area contributed by atoms with Crippen molar-refractivity contribution in [2.75, 3.05) is 19.8 Å². The first kappa shape index (κ1) is 23.4. The van der Waals surface area contributed by atoms with Gasteiger partial charge < -0.3 is 18.8 Å². The Morgan fingerprint density at radius 2 is 2.00 bits per heavy atom. The average Bonchev–Trinajstić information content (AvgIpc) is 3.14. The smallest absolute Gasteiger partial charge is 0.322 e. The number of imidazole rings is 1. The van der Waals surface area contributed by atoms with E-state index in [1.54, 1.807) is 19.2 Å². The molecule has 1 aromatic carbocycles. The number of halogens is 2. The summed E-state index contributed by atoms with van der Waals surface area (Å²) in [7, 11) is 0. The summed E-state index contributed by atoms with van der Waals surface area (Å²) in [6, 6.07) is 9.10. The zero-order valence-corrected chi connectivity index (χ0v) is 19.4. The van der Waals surface area contributed by atoms with E-state index in [9.17, 15) is 13.3 Å². The van der Waals surface area contributed by atoms with Crippen molar-refractivity contribution in [3.63, 3.8) is 0 Å². The van der Waals surface area contributed by atoms with Crippen LogP contribution in [0.3, 0.4) is 0 Å². The average molecular weight is 446 g/mol. The number of H-pyrrole nitrogens is 1. The topological polar surface area (TPSA) is 92.3 Å². The first-order valence-electron chi connectivity index (χ1n) is 8.93. The quantitative estimate of drug-likeness (QED) is 0.462. The summed E-state index contributed by atoms with van der Waals surface area (Å²) in [5.74, 6) is -2.32. The molecule has 3 heterocycles. The molecule has 0 saturated carbocycles. The molecule has 0 aliphatic carbocycles. The maximum atomic E-state index is 13.1. The fourth-order valence-electron chi connectivity index (χ4n) is 2.86. The number of fused-ring (bicyclic) bond motifs is 1. The summed E-state index contributed by atoms with van der Waals surface area (Å²) in [6.07, 6.45) is 0.680. The van der Waals surface area contributed by atoms with Crippen LogP contribution in [-0.2, 0) is 26.4 Å². The first-order chi connectivity index (χ1) is 13.9. The van der Waals surface area contributed by atoms with Gasteiger partial charge in [-0.2, -0.15) is 4.98 Å². The number of hydrogen-bond donors (Lipinski definition) is 1. The summed E-state index contributed by atoms with van der Waals surface area (Å²) < 4.78 is 54.4. The number of pyridine rings is 1. The van der Waals surface area contributed by atoms with Gasteiger partial charge in [0.05, 0.1) is 16.7 Å². The van der Waals surface area contributed by atoms with Crippen molar-refractivity contribution in [3.8, 4) is 5.75 Å². The Morgan fingerprint density at radius 1 is 1.27 bits per heavy atom. The number of hydrogen-bond acceptors (Lipinski definition) is 6. The van der Waals surface area contributed by atoms with Crippen LogP contribution in [0.4, 0.5) is 8.78 Å². The van der Waals surface area contributed by atoms with Crippen LogP contribution in [0.15, 0.2) is 41.7 Å². The van der Waals surface area contributed by atoms with Crippen molar-refractivity contribution in [2.24, 2.45) is 0 Å². The summed E-state index contributed by atoms with van der Waals surface area (Å²) in [5.41, 5.74) is 2.86. The van der Waals surface area contributed by atoms with Crippen molar-refractivity contribution < 1.29 is 27.5 Å². The standard InChI is InChI=1S/C19H19F2N3O4S.Na/c1-12-15(9-29(25)18-23-13-4-2-3-5-14(13)24-18)22-7-6-16(12)26-8-17-27-10-19(20,21)11-28-17;/h2-7,17H,8-11H2,1H3,(H,23,24);. The van der Waals surface area contributed by atoms with Gasteiger partial charge in [0.1, 0.15) is 25.6 Å². The number of benzene rings is 1. The minimum absolute atomic E-state index is 0. The predicted octanol–water partition coefficient (Wildman–Crippen LogP) is 2.58. The van der Waals surface area contributed by atoms with Crippen LogP contribution >= 0.6 is 0 Å². The minimum atomic E-state index is -2.98. The number of aromatic nitrogens is 3. The van der Waals surface area contributed by atoms with Crippen molar-refractivity contribution in [1.82, 2.24) is 15.0 Å². The second-order valence-electron chi connectivity index (χ2n) is 6.65. The van der Waals surface area contributed by atoms with Crippen LogP contribution < -0.4 is 4.74 Å². The number of nitrogens with zero attached hydrogens (tertiary/aromatic N) is 2. The molecule has 1 unspecified atom stereocenters. The second-order valence-corrected chi connectivity index (χ2v) is 8.01. The molecule has 1 atom stereocenters. The molecule has 3 aromatic rings. The van der Waals surface area contributed by atoms with E-state index in [1.807, 2.05) is 24.3 Å². The summed E-state index contributed by atoms with van der Waals surface area (Å²) in [5, 5.41) is 0.378. The van der Waals surface area contributed by atoms with Crippen molar-refractivity contribution in [3.05, 3.63) is 47.8 Å². The van der Waals surface area contributed by atoms with Crippen LogP contribution in [0.5, 0.6) is 5.75 Å². The molecule has 2 aromatic heterocycles. The minimum Gasteiger partial charge on any atom is -0.609 e. The normalized spacial score (nSPS) is 17.5. The first-order valence-corrected chi connectivity index (χ1v) is 10.2. The summed E-state index contributed by atoms with van der Waals surface area (Å²) in [4.78, 5) is 11.7. The molecule has 0 spiro atoms. The van der Waals surface area contributed by atoms with E-state index in [0.29, 0.717) is 22.2 Å². The number of alkyl halides is 2. The fraction of sp³-hybridized carbons (Fsp3) is 0.368. The molecule has 1 aliphatic heterocycles. The Balaban J connectivity index is 0.00000256. The van der Waals surface area contributed by atoms with Crippen LogP contribution in [0, 0.1) is 6.92 Å². The van der Waals surface area contributed by atoms with Gasteiger partial charge >= 0.3 is 5.16 Å². The Kier molecular flexibility index (Phi) is 7.72. The second kappa shape index (κ2) is 9.90. The molecule has 1 aliphatic rings. The number of para-hydroxylation sites is 2. The molecule has 4 rings (SSSR count). The van der Waals surface area contributed by atoms with E-state index in [2.05, 4.69) is 15.0 Å². The van der Waals surface area contributed by atoms with E-state index < -0.39 is 36.6 Å². The van der Waals surface area contributed by atoms with Gasteiger partial charge in [-0.25, -0.2) is 8.78 Å². The SMILES string of the molecule is Cc1c(OCC2OCC(F)(F)CO2)ccnc1C[S+]([O-])c1nc2ccccc2[nH]1.[Na]. The largest absolute Gasteiger partial charge is 0.609 e. The van der Waals surface area contributed by atoms with E-state index in [0.717, 1.165) is 11.0 Å². The molecule has 1 radical (unpaired) electrons. The molecule has 1 saturated heterocycles. The monoisotopic (exact) mass is 446 g/mol. The predicted molar refractivity (Wildman–Crippen MR) is 107 cm³/mol. The molecular formula is C19H19F2N3NaO4S. The Morgan fingerprint density at radius 3 is 2.73 bits per heavy atom. The van der Waals surface area contributed by atoms with Crippen LogP contribution in [0.1, 0.15) is 11.3 Å². The molecule has 1 fully saturated rings. The molecule has 1 N–H and O–H groups in total. The van der Waals surface area contributed by atoms with Gasteiger partial charge in [-0.1, -0.05) is 12.1 Å². The van der Waals surface area contributed by atoms with Gasteiger partial charge in [0.15, 0.2) is 12.0 Å². The molecule has 11 heteroatoms. The molecule has 0 bridgehead atoms. The fourth-order valence-corrected chi connectivity index (χ4v) is 3.96. The molecular weight excluding hydrogens is 427 g/mol. The van der Waals surface area contributed by atoms with Gasteiger partial charge in [-0.05, 0) is 25.1 Å². The third-order valence-corrected chi connectivity index (χ3v) is 5.61. The van der Waals surface area contributed by atoms with Crippen molar-refractivity contribution in [1.29, 1.82) is 0 Å². The molecule has 30 heavy (non-hydrogen) atoms. The third-order valence-electron chi connectivity index (χ3n) is 4.45. The summed E-state index contributed by atoms with van der Waals surface area (Å²) >= 11 is -1.42. The van der Waals surface area contributed by atoms with Gasteiger partial charge in [0.25, 0.3) is 5.92 Å². The third kappa shape index (κ3) is 5.50. The van der Waals surface area contributed by atoms with Gasteiger partial charge in [0.2, 0.25) is 0 Å². The Labute approximate surface area is 197 Å². The van der Waals surface area contributed by atoms with E-state index in [1.165, 1.54) is 0 Å². The molecule has 0 amide bonds. The van der Waals surface area contributed by atoms with E-state index >= 15 is 0 Å². The van der Waals surface area contributed by atoms with Crippen molar-refractivity contribution in [2.45, 2.75) is 30.0 Å². The zero-order valence-electron chi connectivity index (χ0n) is 16.6. The van der Waals surface area contributed by atoms with E-state index in [-0.39, 0.29) is 41.9 Å². The van der Waals surface area contributed by atoms with Gasteiger partial charge in [-0.15, -0.1) is 0 Å². The zero-order chi connectivity index (χ0) is 20.4. The molecule has 155 valence electrons. The maximum Gasteiger partial charge on any atom is 0.322 e. The van der Waals surface area contributed by atoms with Gasteiger partial charge in [-0.3, -0.25) is 9.97 Å². The van der Waals surface area contributed by atoms with Crippen molar-refractivity contribution >= 4 is 51.8 Å².